The summed E-state index contributed by atoms with van der Waals surface area (Å²) in [6, 6.07) is 16.4. The lowest BCUT2D eigenvalue weighted by atomic mass is 10.0. The lowest BCUT2D eigenvalue weighted by Gasteiger charge is -2.17. The van der Waals surface area contributed by atoms with Gasteiger partial charge < -0.3 is 15.5 Å². The Morgan fingerprint density at radius 2 is 1.79 bits per heavy atom. The van der Waals surface area contributed by atoms with Gasteiger partial charge in [-0.25, -0.2) is 4.79 Å². The first-order valence-corrected chi connectivity index (χ1v) is 8.70. The van der Waals surface area contributed by atoms with Crippen molar-refractivity contribution in [3.05, 3.63) is 65.9 Å². The molecular weight excluding hydrogens is 354 g/mol. The molecule has 138 valence electrons. The number of nitrogens with one attached hydrogen (secondary N) is 3. The SMILES string of the molecule is C#CC(=O)Nc1ccccc1-c1n[nH]c2c1CN(C(=O)Nc1ccccc1)C2. The molecule has 0 saturated heterocycles. The molecule has 3 N–H and O–H groups in total. The maximum atomic E-state index is 12.6. The Morgan fingerprint density at radius 3 is 2.57 bits per heavy atom. The molecular formula is C21H17N5O2. The zero-order chi connectivity index (χ0) is 19.5. The second-order valence-corrected chi connectivity index (χ2v) is 6.33. The minimum absolute atomic E-state index is 0.185. The van der Waals surface area contributed by atoms with Gasteiger partial charge in [0.25, 0.3) is 5.91 Å². The molecule has 7 heteroatoms. The standard InChI is InChI=1S/C21H17N5O2/c1-2-19(27)23-17-11-7-6-10-15(17)20-16-12-26(13-18(16)24-25-20)21(28)22-14-8-4-3-5-9-14/h1,3-11H,12-13H2,(H,22,28)(H,23,27)(H,24,25). The van der Waals surface area contributed by atoms with Gasteiger partial charge in [0, 0.05) is 16.8 Å². The monoisotopic (exact) mass is 371 g/mol. The maximum absolute atomic E-state index is 12.6. The van der Waals surface area contributed by atoms with Crippen molar-refractivity contribution in [2.24, 2.45) is 0 Å². The van der Waals surface area contributed by atoms with Crippen LogP contribution in [0.15, 0.2) is 54.6 Å². The van der Waals surface area contributed by atoms with Gasteiger partial charge in [-0.15, -0.1) is 6.42 Å². The van der Waals surface area contributed by atoms with E-state index >= 15 is 0 Å². The summed E-state index contributed by atoms with van der Waals surface area (Å²) in [4.78, 5) is 25.9. The number of fused-ring (bicyclic) bond motifs is 1. The van der Waals surface area contributed by atoms with Gasteiger partial charge in [0.1, 0.15) is 0 Å². The number of hydrogen-bond donors (Lipinski definition) is 3. The molecule has 0 spiro atoms. The van der Waals surface area contributed by atoms with Crippen molar-refractivity contribution in [1.82, 2.24) is 15.1 Å². The van der Waals surface area contributed by atoms with Crippen molar-refractivity contribution in [1.29, 1.82) is 0 Å². The molecule has 2 aromatic carbocycles. The van der Waals surface area contributed by atoms with Gasteiger partial charge in [0.15, 0.2) is 0 Å². The Labute approximate surface area is 161 Å². The first-order chi connectivity index (χ1) is 13.7. The fourth-order valence-electron chi connectivity index (χ4n) is 3.19. The highest BCUT2D eigenvalue weighted by atomic mass is 16.2. The molecule has 0 fully saturated rings. The normalized spacial score (nSPS) is 12.2. The number of carbonyl (C=O) groups excluding carboxylic acids is 2. The minimum atomic E-state index is -0.525. The average Bonchev–Trinajstić information content (AvgIpc) is 3.30. The van der Waals surface area contributed by atoms with Gasteiger partial charge >= 0.3 is 6.03 Å². The molecule has 3 aromatic rings. The number of nitrogens with zero attached hydrogens (tertiary/aromatic N) is 2. The average molecular weight is 371 g/mol. The topological polar surface area (TPSA) is 90.1 Å². The van der Waals surface area contributed by atoms with Crippen molar-refractivity contribution >= 4 is 23.3 Å². The van der Waals surface area contributed by atoms with Crippen LogP contribution >= 0.6 is 0 Å². The number of urea groups is 1. The number of amides is 3. The molecule has 0 aliphatic carbocycles. The largest absolute Gasteiger partial charge is 0.322 e. The summed E-state index contributed by atoms with van der Waals surface area (Å²) in [5.74, 6) is 1.52. The number of hydrogen-bond acceptors (Lipinski definition) is 3. The maximum Gasteiger partial charge on any atom is 0.322 e. The van der Waals surface area contributed by atoms with E-state index in [1.165, 1.54) is 0 Å². The van der Waals surface area contributed by atoms with E-state index in [-0.39, 0.29) is 6.03 Å². The van der Waals surface area contributed by atoms with Crippen LogP contribution in [0, 0.1) is 12.3 Å². The molecule has 0 atom stereocenters. The number of rotatable bonds is 3. The summed E-state index contributed by atoms with van der Waals surface area (Å²) in [7, 11) is 0. The number of carbonyl (C=O) groups is 2. The van der Waals surface area contributed by atoms with Gasteiger partial charge in [-0.1, -0.05) is 36.4 Å². The first-order valence-electron chi connectivity index (χ1n) is 8.70. The molecule has 0 bridgehead atoms. The van der Waals surface area contributed by atoms with E-state index in [1.807, 2.05) is 54.5 Å². The number of anilines is 2. The van der Waals surface area contributed by atoms with Crippen molar-refractivity contribution < 1.29 is 9.59 Å². The highest BCUT2D eigenvalue weighted by molar-refractivity contribution is 6.05. The van der Waals surface area contributed by atoms with Crippen molar-refractivity contribution in [2.75, 3.05) is 10.6 Å². The first kappa shape index (κ1) is 17.4. The lowest BCUT2D eigenvalue weighted by molar-refractivity contribution is -0.111. The fraction of sp³-hybridized carbons (Fsp3) is 0.0952. The summed E-state index contributed by atoms with van der Waals surface area (Å²) in [5.41, 5.74) is 4.55. The summed E-state index contributed by atoms with van der Waals surface area (Å²) >= 11 is 0. The highest BCUT2D eigenvalue weighted by Gasteiger charge is 2.29. The van der Waals surface area contributed by atoms with Gasteiger partial charge in [0.2, 0.25) is 0 Å². The van der Waals surface area contributed by atoms with Gasteiger partial charge in [-0.05, 0) is 24.1 Å². The van der Waals surface area contributed by atoms with E-state index in [0.29, 0.717) is 24.5 Å². The Bertz CT molecular complexity index is 1080. The Morgan fingerprint density at radius 1 is 1.04 bits per heavy atom. The van der Waals surface area contributed by atoms with E-state index < -0.39 is 5.91 Å². The Kier molecular flexibility index (Phi) is 4.52. The predicted octanol–water partition coefficient (Wildman–Crippen LogP) is 3.20. The summed E-state index contributed by atoms with van der Waals surface area (Å²) in [6.07, 6.45) is 5.16. The second kappa shape index (κ2) is 7.29. The third-order valence-electron chi connectivity index (χ3n) is 4.52. The van der Waals surface area contributed by atoms with Crippen molar-refractivity contribution in [2.45, 2.75) is 13.1 Å². The molecule has 0 unspecified atom stereocenters. The van der Waals surface area contributed by atoms with Crippen LogP contribution in [0.1, 0.15) is 11.3 Å². The zero-order valence-electron chi connectivity index (χ0n) is 14.9. The molecule has 4 rings (SSSR count). The summed E-state index contributed by atoms with van der Waals surface area (Å²) in [5, 5.41) is 13.0. The van der Waals surface area contributed by atoms with E-state index in [4.69, 9.17) is 6.42 Å². The summed E-state index contributed by atoms with van der Waals surface area (Å²) < 4.78 is 0. The third kappa shape index (κ3) is 3.31. The predicted molar refractivity (Wildman–Crippen MR) is 106 cm³/mol. The molecule has 1 aliphatic heterocycles. The molecule has 0 radical (unpaired) electrons. The second-order valence-electron chi connectivity index (χ2n) is 6.33. The molecule has 3 amide bonds. The highest BCUT2D eigenvalue weighted by Crippen LogP contribution is 2.34. The number of aromatic nitrogens is 2. The molecule has 7 nitrogen and oxygen atoms in total. The molecule has 1 aromatic heterocycles. The van der Waals surface area contributed by atoms with Crippen LogP contribution in [-0.2, 0) is 17.9 Å². The van der Waals surface area contributed by atoms with Crippen molar-refractivity contribution in [3.8, 4) is 23.6 Å². The van der Waals surface area contributed by atoms with Crippen LogP contribution in [0.3, 0.4) is 0 Å². The van der Waals surface area contributed by atoms with Crippen LogP contribution in [0.4, 0.5) is 16.2 Å². The smallest absolute Gasteiger partial charge is 0.315 e. The number of H-pyrrole nitrogens is 1. The van der Waals surface area contributed by atoms with Gasteiger partial charge in [-0.3, -0.25) is 9.89 Å². The Balaban J connectivity index is 1.56. The molecule has 28 heavy (non-hydrogen) atoms. The zero-order valence-corrected chi connectivity index (χ0v) is 14.9. The number of aromatic amines is 1. The Hall–Kier alpha value is -4.05. The third-order valence-corrected chi connectivity index (χ3v) is 4.52. The van der Waals surface area contributed by atoms with E-state index in [0.717, 1.165) is 22.5 Å². The van der Waals surface area contributed by atoms with Crippen LogP contribution in [-0.4, -0.2) is 27.0 Å². The molecule has 2 heterocycles. The van der Waals surface area contributed by atoms with Gasteiger partial charge in [0.05, 0.1) is 30.2 Å². The van der Waals surface area contributed by atoms with Gasteiger partial charge in [-0.2, -0.15) is 5.10 Å². The van der Waals surface area contributed by atoms with Crippen LogP contribution < -0.4 is 10.6 Å². The van der Waals surface area contributed by atoms with Crippen LogP contribution in [0.2, 0.25) is 0 Å². The van der Waals surface area contributed by atoms with Crippen LogP contribution in [0.25, 0.3) is 11.3 Å². The van der Waals surface area contributed by atoms with E-state index in [1.54, 1.807) is 11.0 Å². The van der Waals surface area contributed by atoms with E-state index in [9.17, 15) is 9.59 Å². The quantitative estimate of drug-likeness (QED) is 0.618. The number of benzene rings is 2. The van der Waals surface area contributed by atoms with Crippen LogP contribution in [0.5, 0.6) is 0 Å². The lowest BCUT2D eigenvalue weighted by Crippen LogP contribution is -2.30. The molecule has 0 saturated carbocycles. The summed E-state index contributed by atoms with van der Waals surface area (Å²) in [6.45, 7) is 0.844. The molecule has 1 aliphatic rings. The minimum Gasteiger partial charge on any atom is -0.315 e. The fourth-order valence-corrected chi connectivity index (χ4v) is 3.19. The van der Waals surface area contributed by atoms with E-state index in [2.05, 4.69) is 20.8 Å². The number of terminal acetylenes is 1. The van der Waals surface area contributed by atoms with Crippen molar-refractivity contribution in [3.63, 3.8) is 0 Å². The number of para-hydroxylation sites is 2.